The van der Waals surface area contributed by atoms with E-state index in [-0.39, 0.29) is 0 Å². The minimum Gasteiger partial charge on any atom is -0.486 e. The molecule has 0 spiro atoms. The summed E-state index contributed by atoms with van der Waals surface area (Å²) in [7, 11) is 0. The van der Waals surface area contributed by atoms with Gasteiger partial charge in [-0.2, -0.15) is 5.10 Å². The lowest BCUT2D eigenvalue weighted by molar-refractivity contribution is 0.390. The van der Waals surface area contributed by atoms with Crippen molar-refractivity contribution in [1.29, 1.82) is 0 Å². The van der Waals surface area contributed by atoms with Crippen molar-refractivity contribution >= 4 is 17.3 Å². The van der Waals surface area contributed by atoms with E-state index in [4.69, 9.17) is 22.2 Å². The van der Waals surface area contributed by atoms with Crippen LogP contribution < -0.4 is 10.6 Å². The zero-order chi connectivity index (χ0) is 9.42. The number of nitrogens with two attached hydrogens (primary N) is 1. The van der Waals surface area contributed by atoms with Crippen LogP contribution in [-0.2, 0) is 0 Å². The minimum absolute atomic E-state index is 0.438. The molecule has 2 rings (SSSR count). The standard InChI is InChI=1S/C9H9ClN2O/c1-5-2-6(10)3-7-8(12-11)4-13-9(5)7/h2-3H,4,11H2,1H3/b12-8+. The van der Waals surface area contributed by atoms with Crippen LogP contribution in [0.15, 0.2) is 17.2 Å². The average molecular weight is 197 g/mol. The molecule has 0 fully saturated rings. The van der Waals surface area contributed by atoms with Crippen molar-refractivity contribution in [3.63, 3.8) is 0 Å². The van der Waals surface area contributed by atoms with Crippen LogP contribution in [-0.4, -0.2) is 12.3 Å². The van der Waals surface area contributed by atoms with Gasteiger partial charge in [0, 0.05) is 10.6 Å². The molecule has 4 heteroatoms. The number of nitrogens with zero attached hydrogens (tertiary/aromatic N) is 1. The lowest BCUT2D eigenvalue weighted by Gasteiger charge is -2.02. The number of halogens is 1. The Bertz CT molecular complexity index is 387. The molecule has 0 aliphatic carbocycles. The highest BCUT2D eigenvalue weighted by molar-refractivity contribution is 6.31. The topological polar surface area (TPSA) is 47.6 Å². The lowest BCUT2D eigenvalue weighted by Crippen LogP contribution is -2.04. The molecule has 1 heterocycles. The molecular formula is C9H9ClN2O. The Morgan fingerprint density at radius 3 is 3.00 bits per heavy atom. The molecule has 0 saturated carbocycles. The van der Waals surface area contributed by atoms with Crippen molar-refractivity contribution in [2.75, 3.05) is 6.61 Å². The number of ether oxygens (including phenoxy) is 1. The third kappa shape index (κ3) is 1.25. The molecule has 0 bridgehead atoms. The number of hydrogen-bond acceptors (Lipinski definition) is 3. The summed E-state index contributed by atoms with van der Waals surface area (Å²) in [5, 5.41) is 4.33. The molecule has 0 unspecified atom stereocenters. The zero-order valence-electron chi connectivity index (χ0n) is 7.17. The third-order valence-corrected chi connectivity index (χ3v) is 2.28. The molecule has 1 aliphatic heterocycles. The van der Waals surface area contributed by atoms with Gasteiger partial charge in [0.1, 0.15) is 18.1 Å². The predicted octanol–water partition coefficient (Wildman–Crippen LogP) is 1.70. The van der Waals surface area contributed by atoms with E-state index in [0.717, 1.165) is 22.6 Å². The van der Waals surface area contributed by atoms with Gasteiger partial charge < -0.3 is 10.6 Å². The highest BCUT2D eigenvalue weighted by Crippen LogP contribution is 2.32. The van der Waals surface area contributed by atoms with Crippen LogP contribution in [0.3, 0.4) is 0 Å². The Balaban J connectivity index is 2.64. The highest BCUT2D eigenvalue weighted by atomic mass is 35.5. The van der Waals surface area contributed by atoms with Crippen molar-refractivity contribution in [1.82, 2.24) is 0 Å². The number of benzene rings is 1. The quantitative estimate of drug-likeness (QED) is 0.507. The van der Waals surface area contributed by atoms with E-state index in [2.05, 4.69) is 5.10 Å². The van der Waals surface area contributed by atoms with E-state index < -0.39 is 0 Å². The van der Waals surface area contributed by atoms with Crippen LogP contribution in [0.5, 0.6) is 5.75 Å². The molecule has 0 atom stereocenters. The summed E-state index contributed by atoms with van der Waals surface area (Å²) in [5.74, 6) is 6.05. The number of hydrazone groups is 1. The predicted molar refractivity (Wildman–Crippen MR) is 52.4 cm³/mol. The summed E-state index contributed by atoms with van der Waals surface area (Å²) in [6.07, 6.45) is 0. The minimum atomic E-state index is 0.438. The fourth-order valence-electron chi connectivity index (χ4n) is 1.46. The molecule has 1 aromatic carbocycles. The molecule has 2 N–H and O–H groups in total. The van der Waals surface area contributed by atoms with Gasteiger partial charge in [0.25, 0.3) is 0 Å². The monoisotopic (exact) mass is 196 g/mol. The van der Waals surface area contributed by atoms with E-state index in [1.165, 1.54) is 0 Å². The van der Waals surface area contributed by atoms with E-state index in [1.54, 1.807) is 0 Å². The van der Waals surface area contributed by atoms with E-state index in [1.807, 2.05) is 19.1 Å². The van der Waals surface area contributed by atoms with E-state index in [9.17, 15) is 0 Å². The van der Waals surface area contributed by atoms with Crippen LogP contribution in [0.1, 0.15) is 11.1 Å². The van der Waals surface area contributed by atoms with Crippen molar-refractivity contribution < 1.29 is 4.74 Å². The van der Waals surface area contributed by atoms with Crippen LogP contribution in [0, 0.1) is 6.92 Å². The molecule has 0 amide bonds. The maximum Gasteiger partial charge on any atom is 0.133 e. The Labute approximate surface area is 81.1 Å². The molecule has 0 aromatic heterocycles. The van der Waals surface area contributed by atoms with Gasteiger partial charge >= 0.3 is 0 Å². The largest absolute Gasteiger partial charge is 0.486 e. The van der Waals surface area contributed by atoms with Crippen LogP contribution in [0.2, 0.25) is 5.02 Å². The van der Waals surface area contributed by atoms with E-state index in [0.29, 0.717) is 11.6 Å². The Kier molecular flexibility index (Phi) is 1.88. The summed E-state index contributed by atoms with van der Waals surface area (Å²) >= 11 is 5.90. The molecule has 0 radical (unpaired) electrons. The lowest BCUT2D eigenvalue weighted by atomic mass is 10.1. The first-order valence-electron chi connectivity index (χ1n) is 3.92. The Morgan fingerprint density at radius 1 is 1.54 bits per heavy atom. The summed E-state index contributed by atoms with van der Waals surface area (Å²) in [4.78, 5) is 0. The van der Waals surface area contributed by atoms with Gasteiger partial charge in [-0.15, -0.1) is 0 Å². The normalized spacial score (nSPS) is 17.2. The average Bonchev–Trinajstić information content (AvgIpc) is 2.47. The SMILES string of the molecule is Cc1cc(Cl)cc2c1OC/C2=N\N. The van der Waals surface area contributed by atoms with Gasteiger partial charge in [0.2, 0.25) is 0 Å². The number of fused-ring (bicyclic) bond motifs is 1. The first-order valence-corrected chi connectivity index (χ1v) is 4.30. The van der Waals surface area contributed by atoms with Crippen molar-refractivity contribution in [3.8, 4) is 5.75 Å². The zero-order valence-corrected chi connectivity index (χ0v) is 7.93. The fraction of sp³-hybridized carbons (Fsp3) is 0.222. The van der Waals surface area contributed by atoms with Crippen molar-refractivity contribution in [2.45, 2.75) is 6.92 Å². The van der Waals surface area contributed by atoms with Crippen LogP contribution in [0.4, 0.5) is 0 Å². The number of hydrogen-bond donors (Lipinski definition) is 1. The van der Waals surface area contributed by atoms with Gasteiger partial charge in [0.05, 0.1) is 0 Å². The van der Waals surface area contributed by atoms with E-state index >= 15 is 0 Å². The summed E-state index contributed by atoms with van der Waals surface area (Å²) in [6.45, 7) is 2.39. The molecule has 1 aliphatic rings. The second kappa shape index (κ2) is 2.92. The Morgan fingerprint density at radius 2 is 2.31 bits per heavy atom. The smallest absolute Gasteiger partial charge is 0.133 e. The Hall–Kier alpha value is -1.22. The molecule has 1 aromatic rings. The molecule has 3 nitrogen and oxygen atoms in total. The van der Waals surface area contributed by atoms with Gasteiger partial charge in [-0.05, 0) is 24.6 Å². The number of aryl methyl sites for hydroxylation is 1. The second-order valence-electron chi connectivity index (χ2n) is 2.96. The second-order valence-corrected chi connectivity index (χ2v) is 3.40. The molecular weight excluding hydrogens is 188 g/mol. The molecule has 68 valence electrons. The summed E-state index contributed by atoms with van der Waals surface area (Å²) in [6, 6.07) is 3.68. The van der Waals surface area contributed by atoms with Gasteiger partial charge in [-0.25, -0.2) is 0 Å². The summed E-state index contributed by atoms with van der Waals surface area (Å²) < 4.78 is 5.42. The number of rotatable bonds is 0. The third-order valence-electron chi connectivity index (χ3n) is 2.06. The molecule has 0 saturated heterocycles. The summed E-state index contributed by atoms with van der Waals surface area (Å²) in [5.41, 5.74) is 2.68. The van der Waals surface area contributed by atoms with Gasteiger partial charge in [-0.3, -0.25) is 0 Å². The first kappa shape index (κ1) is 8.38. The van der Waals surface area contributed by atoms with Gasteiger partial charge in [-0.1, -0.05) is 11.6 Å². The fourth-order valence-corrected chi connectivity index (χ4v) is 1.73. The van der Waals surface area contributed by atoms with Crippen molar-refractivity contribution in [3.05, 3.63) is 28.3 Å². The van der Waals surface area contributed by atoms with Crippen molar-refractivity contribution in [2.24, 2.45) is 10.9 Å². The maximum absolute atomic E-state index is 5.90. The first-order chi connectivity index (χ1) is 6.22. The van der Waals surface area contributed by atoms with Crippen LogP contribution >= 0.6 is 11.6 Å². The molecule has 13 heavy (non-hydrogen) atoms. The van der Waals surface area contributed by atoms with Gasteiger partial charge in [0.15, 0.2) is 0 Å². The highest BCUT2D eigenvalue weighted by Gasteiger charge is 2.21. The maximum atomic E-state index is 5.90. The van der Waals surface area contributed by atoms with Crippen LogP contribution in [0.25, 0.3) is 0 Å².